The molecular weight excluding hydrogens is 332 g/mol. The Kier molecular flexibility index (Phi) is 4.19. The average Bonchev–Trinajstić information content (AvgIpc) is 2.65. The van der Waals surface area contributed by atoms with Crippen molar-refractivity contribution in [1.82, 2.24) is 9.97 Å². The van der Waals surface area contributed by atoms with Gasteiger partial charge in [0.05, 0.1) is 5.52 Å². The molecule has 0 aliphatic rings. The summed E-state index contributed by atoms with van der Waals surface area (Å²) in [5, 5.41) is 8.26. The van der Waals surface area contributed by atoms with Crippen LogP contribution >= 0.6 is 11.6 Å². The molecule has 0 saturated heterocycles. The summed E-state index contributed by atoms with van der Waals surface area (Å²) in [5.74, 6) is 1.28. The number of nitrogens with one attached hydrogen (secondary N) is 2. The Morgan fingerprint density at radius 3 is 2.12 bits per heavy atom. The van der Waals surface area contributed by atoms with E-state index in [0.717, 1.165) is 28.1 Å². The largest absolute Gasteiger partial charge is 0.340 e. The van der Waals surface area contributed by atoms with Crippen molar-refractivity contribution in [3.05, 3.63) is 83.9 Å². The molecule has 0 unspecified atom stereocenters. The minimum Gasteiger partial charge on any atom is -0.340 e. The molecule has 5 heteroatoms. The molecule has 0 aliphatic heterocycles. The maximum absolute atomic E-state index is 5.94. The fourth-order valence-corrected chi connectivity index (χ4v) is 2.67. The second-order valence-corrected chi connectivity index (χ2v) is 5.97. The molecule has 4 rings (SSSR count). The van der Waals surface area contributed by atoms with Gasteiger partial charge in [-0.3, -0.25) is 0 Å². The fraction of sp³-hybridized carbons (Fsp3) is 0. The third-order valence-electron chi connectivity index (χ3n) is 3.74. The summed E-state index contributed by atoms with van der Waals surface area (Å²) in [6, 6.07) is 25.3. The van der Waals surface area contributed by atoms with E-state index in [2.05, 4.69) is 20.6 Å². The van der Waals surface area contributed by atoms with Crippen LogP contribution in [0, 0.1) is 0 Å². The van der Waals surface area contributed by atoms with Crippen molar-refractivity contribution in [3.8, 4) is 0 Å². The Hall–Kier alpha value is -3.11. The SMILES string of the molecule is Clc1ccc(Nc2nc(Nc3ccccc3)c3ccccc3n2)cc1. The van der Waals surface area contributed by atoms with Gasteiger partial charge in [0, 0.05) is 21.8 Å². The summed E-state index contributed by atoms with van der Waals surface area (Å²) < 4.78 is 0. The maximum atomic E-state index is 5.94. The number of anilines is 4. The lowest BCUT2D eigenvalue weighted by Gasteiger charge is -2.12. The van der Waals surface area contributed by atoms with Gasteiger partial charge in [-0.05, 0) is 48.5 Å². The van der Waals surface area contributed by atoms with Gasteiger partial charge in [0.15, 0.2) is 0 Å². The van der Waals surface area contributed by atoms with Gasteiger partial charge in [-0.25, -0.2) is 4.98 Å². The van der Waals surface area contributed by atoms with E-state index in [0.29, 0.717) is 11.0 Å². The molecule has 0 amide bonds. The normalized spacial score (nSPS) is 10.6. The highest BCUT2D eigenvalue weighted by molar-refractivity contribution is 6.30. The smallest absolute Gasteiger partial charge is 0.229 e. The first-order valence-corrected chi connectivity index (χ1v) is 8.27. The number of hydrogen-bond acceptors (Lipinski definition) is 4. The zero-order valence-electron chi connectivity index (χ0n) is 13.3. The number of nitrogens with zero attached hydrogens (tertiary/aromatic N) is 2. The number of fused-ring (bicyclic) bond motifs is 1. The van der Waals surface area contributed by atoms with Gasteiger partial charge < -0.3 is 10.6 Å². The Bertz CT molecular complexity index is 1000. The predicted molar refractivity (Wildman–Crippen MR) is 104 cm³/mol. The van der Waals surface area contributed by atoms with Gasteiger partial charge in [-0.2, -0.15) is 4.98 Å². The van der Waals surface area contributed by atoms with E-state index >= 15 is 0 Å². The van der Waals surface area contributed by atoms with Crippen LogP contribution in [0.1, 0.15) is 0 Å². The first-order chi connectivity index (χ1) is 12.3. The molecule has 3 aromatic carbocycles. The van der Waals surface area contributed by atoms with E-state index < -0.39 is 0 Å². The summed E-state index contributed by atoms with van der Waals surface area (Å²) in [5.41, 5.74) is 2.72. The fourth-order valence-electron chi connectivity index (χ4n) is 2.55. The van der Waals surface area contributed by atoms with Crippen LogP contribution in [0.4, 0.5) is 23.1 Å². The molecule has 2 N–H and O–H groups in total. The highest BCUT2D eigenvalue weighted by Crippen LogP contribution is 2.26. The van der Waals surface area contributed by atoms with E-state index in [1.54, 1.807) is 0 Å². The first kappa shape index (κ1) is 15.4. The van der Waals surface area contributed by atoms with Crippen LogP contribution in [0.15, 0.2) is 78.9 Å². The van der Waals surface area contributed by atoms with Gasteiger partial charge in [0.1, 0.15) is 5.82 Å². The van der Waals surface area contributed by atoms with E-state index in [1.165, 1.54) is 0 Å². The molecule has 0 atom stereocenters. The third kappa shape index (κ3) is 3.54. The van der Waals surface area contributed by atoms with E-state index in [9.17, 15) is 0 Å². The highest BCUT2D eigenvalue weighted by Gasteiger charge is 2.08. The monoisotopic (exact) mass is 346 g/mol. The van der Waals surface area contributed by atoms with Crippen LogP contribution in [0.5, 0.6) is 0 Å². The highest BCUT2D eigenvalue weighted by atomic mass is 35.5. The summed E-state index contributed by atoms with van der Waals surface area (Å²) in [4.78, 5) is 9.25. The van der Waals surface area contributed by atoms with Crippen molar-refractivity contribution < 1.29 is 0 Å². The van der Waals surface area contributed by atoms with Crippen molar-refractivity contribution in [3.63, 3.8) is 0 Å². The second-order valence-electron chi connectivity index (χ2n) is 5.54. The van der Waals surface area contributed by atoms with Crippen molar-refractivity contribution in [2.45, 2.75) is 0 Å². The molecule has 4 aromatic rings. The summed E-state index contributed by atoms with van der Waals surface area (Å²) in [6.45, 7) is 0. The lowest BCUT2D eigenvalue weighted by atomic mass is 10.2. The lowest BCUT2D eigenvalue weighted by Crippen LogP contribution is -2.02. The lowest BCUT2D eigenvalue weighted by molar-refractivity contribution is 1.21. The Labute approximate surface area is 150 Å². The molecule has 0 fully saturated rings. The number of para-hydroxylation sites is 2. The minimum atomic E-state index is 0.527. The van der Waals surface area contributed by atoms with Crippen LogP contribution in [0.25, 0.3) is 10.9 Å². The van der Waals surface area contributed by atoms with E-state index in [-0.39, 0.29) is 0 Å². The second kappa shape index (κ2) is 6.79. The molecule has 25 heavy (non-hydrogen) atoms. The van der Waals surface area contributed by atoms with Gasteiger partial charge in [0.25, 0.3) is 0 Å². The zero-order chi connectivity index (χ0) is 17.1. The molecule has 4 nitrogen and oxygen atoms in total. The average molecular weight is 347 g/mol. The summed E-state index contributed by atoms with van der Waals surface area (Å²) in [6.07, 6.45) is 0. The number of benzene rings is 3. The van der Waals surface area contributed by atoms with Crippen LogP contribution in [0.3, 0.4) is 0 Å². The van der Waals surface area contributed by atoms with Crippen molar-refractivity contribution in [2.75, 3.05) is 10.6 Å². The Balaban J connectivity index is 1.74. The number of halogens is 1. The summed E-state index contributed by atoms with van der Waals surface area (Å²) in [7, 11) is 0. The third-order valence-corrected chi connectivity index (χ3v) is 3.99. The standard InChI is InChI=1S/C20H15ClN4/c21-14-10-12-16(13-11-14)23-20-24-18-9-5-4-8-17(18)19(25-20)22-15-6-2-1-3-7-15/h1-13H,(H2,22,23,24,25). The maximum Gasteiger partial charge on any atom is 0.229 e. The van der Waals surface area contributed by atoms with Gasteiger partial charge in [-0.15, -0.1) is 0 Å². The molecule has 0 radical (unpaired) electrons. The molecule has 0 saturated carbocycles. The molecule has 0 bridgehead atoms. The van der Waals surface area contributed by atoms with Crippen molar-refractivity contribution in [2.24, 2.45) is 0 Å². The van der Waals surface area contributed by atoms with Gasteiger partial charge in [-0.1, -0.05) is 41.9 Å². The van der Waals surface area contributed by atoms with Gasteiger partial charge in [0.2, 0.25) is 5.95 Å². The molecule has 1 heterocycles. The van der Waals surface area contributed by atoms with Crippen LogP contribution in [0.2, 0.25) is 5.02 Å². The molecule has 0 spiro atoms. The molecule has 1 aromatic heterocycles. The zero-order valence-corrected chi connectivity index (χ0v) is 14.0. The van der Waals surface area contributed by atoms with Gasteiger partial charge >= 0.3 is 0 Å². The van der Waals surface area contributed by atoms with E-state index in [4.69, 9.17) is 11.6 Å². The number of hydrogen-bond donors (Lipinski definition) is 2. The van der Waals surface area contributed by atoms with Crippen LogP contribution < -0.4 is 10.6 Å². The van der Waals surface area contributed by atoms with Crippen molar-refractivity contribution in [1.29, 1.82) is 0 Å². The Morgan fingerprint density at radius 1 is 0.640 bits per heavy atom. The van der Waals surface area contributed by atoms with Crippen LogP contribution in [-0.2, 0) is 0 Å². The van der Waals surface area contributed by atoms with Crippen molar-refractivity contribution >= 4 is 45.6 Å². The van der Waals surface area contributed by atoms with E-state index in [1.807, 2.05) is 78.9 Å². The molecule has 122 valence electrons. The van der Waals surface area contributed by atoms with Crippen LogP contribution in [-0.4, -0.2) is 9.97 Å². The quantitative estimate of drug-likeness (QED) is 0.492. The first-order valence-electron chi connectivity index (χ1n) is 7.89. The number of aromatic nitrogens is 2. The molecule has 0 aliphatic carbocycles. The summed E-state index contributed by atoms with van der Waals surface area (Å²) >= 11 is 5.94. The predicted octanol–water partition coefficient (Wildman–Crippen LogP) is 5.77. The number of rotatable bonds is 4. The molecular formula is C20H15ClN4. The Morgan fingerprint density at radius 2 is 1.32 bits per heavy atom. The minimum absolute atomic E-state index is 0.527. The topological polar surface area (TPSA) is 49.8 Å².